The van der Waals surface area contributed by atoms with Gasteiger partial charge in [-0.15, -0.1) is 0 Å². The molecular formula is C49H88N16O13. The standard InChI is InChI=1S/C49H88N16O13/c1-26(2)22-34(44(75)58-29(25-66)16-17-37(67)68)63-46(77)36(24-38(69)70)64-45(76)35(23-27(3)4)62-43(74)33(15-11-21-57-49(53)54)60-42(73)32(14-10-20-56-48(51)52)59-41(72)31(12-7-8-18-50)61-47(78)39(28(5)6)65-40(71)30-13-9-19-55-30/h25-36,39,55H,7-24,50H2,1-6H3,(H,58,75)(H,59,72)(H,60,73)(H,61,78)(H,62,74)(H,63,77)(H,64,76)(H,65,71)(H,67,68)(H,69,70)(H4,51,52,56)(H4,53,54,57)/t29-,30-,31-,32-,33-,34-,35-,36-,39-/m0/s1. The highest BCUT2D eigenvalue weighted by atomic mass is 16.4. The summed E-state index contributed by atoms with van der Waals surface area (Å²) in [6, 6.07) is -11.4. The van der Waals surface area contributed by atoms with Crippen LogP contribution in [0.2, 0.25) is 0 Å². The van der Waals surface area contributed by atoms with Gasteiger partial charge in [0.25, 0.3) is 0 Å². The van der Waals surface area contributed by atoms with Gasteiger partial charge in [-0.1, -0.05) is 41.5 Å². The van der Waals surface area contributed by atoms with E-state index in [4.69, 9.17) is 33.8 Å². The Morgan fingerprint density at radius 2 is 0.974 bits per heavy atom. The van der Waals surface area contributed by atoms with E-state index in [1.54, 1.807) is 41.5 Å². The van der Waals surface area contributed by atoms with Gasteiger partial charge in [0, 0.05) is 19.5 Å². The van der Waals surface area contributed by atoms with Gasteiger partial charge in [-0.2, -0.15) is 0 Å². The highest BCUT2D eigenvalue weighted by Gasteiger charge is 2.36. The van der Waals surface area contributed by atoms with Crippen molar-refractivity contribution in [1.29, 1.82) is 0 Å². The summed E-state index contributed by atoms with van der Waals surface area (Å²) in [5.41, 5.74) is 27.9. The third-order valence-electron chi connectivity index (χ3n) is 12.2. The quantitative estimate of drug-likeness (QED) is 0.0121. The molecule has 1 aliphatic heterocycles. The van der Waals surface area contributed by atoms with Gasteiger partial charge >= 0.3 is 11.9 Å². The molecule has 0 aromatic heterocycles. The number of carboxylic acid groups (broad SMARTS) is 2. The van der Waals surface area contributed by atoms with Crippen LogP contribution in [0.15, 0.2) is 9.98 Å². The average molecular weight is 1110 g/mol. The number of aliphatic carboxylic acids is 2. The van der Waals surface area contributed by atoms with Crippen LogP contribution in [-0.2, 0) is 52.7 Å². The molecule has 1 heterocycles. The molecule has 8 amide bonds. The number of amides is 8. The second kappa shape index (κ2) is 36.8. The largest absolute Gasteiger partial charge is 0.481 e. The zero-order valence-electron chi connectivity index (χ0n) is 45.9. The predicted octanol–water partition coefficient (Wildman–Crippen LogP) is -3.86. The Hall–Kier alpha value is -7.17. The molecule has 9 atom stereocenters. The van der Waals surface area contributed by atoms with Gasteiger partial charge in [0.2, 0.25) is 47.3 Å². The number of carboxylic acids is 2. The van der Waals surface area contributed by atoms with Gasteiger partial charge in [0.1, 0.15) is 48.6 Å². The minimum atomic E-state index is -1.82. The zero-order valence-corrected chi connectivity index (χ0v) is 45.9. The van der Waals surface area contributed by atoms with E-state index in [1.807, 2.05) is 0 Å². The van der Waals surface area contributed by atoms with Crippen LogP contribution in [0, 0.1) is 17.8 Å². The number of hydrogen-bond donors (Lipinski definition) is 16. The van der Waals surface area contributed by atoms with Crippen LogP contribution in [0.5, 0.6) is 0 Å². The topological polar surface area (TPSA) is 491 Å². The number of nitrogens with one attached hydrogen (secondary N) is 9. The van der Waals surface area contributed by atoms with Gasteiger partial charge in [-0.05, 0) is 108 Å². The fraction of sp³-hybridized carbons (Fsp3) is 0.735. The van der Waals surface area contributed by atoms with E-state index in [-0.39, 0.29) is 107 Å². The lowest BCUT2D eigenvalue weighted by molar-refractivity contribution is -0.142. The fourth-order valence-electron chi connectivity index (χ4n) is 8.15. The minimum absolute atomic E-state index is 0.00428. The van der Waals surface area contributed by atoms with Crippen LogP contribution in [0.1, 0.15) is 131 Å². The SMILES string of the molecule is CC(C)C[C@H](NC(=O)[C@H](CC(=O)O)NC(=O)[C@H](CC(C)C)NC(=O)[C@H](CCCN=C(N)N)NC(=O)[C@H](CCCN=C(N)N)NC(=O)[C@H](CCCCN)NC(=O)[C@@H](NC(=O)[C@@H]1CCCN1)C(C)C)C(=O)N[C@H](C=O)CCC(=O)O. The van der Waals surface area contributed by atoms with E-state index in [1.165, 1.54) is 0 Å². The van der Waals surface area contributed by atoms with Crippen molar-refractivity contribution in [3.8, 4) is 0 Å². The molecule has 0 unspecified atom stereocenters. The highest BCUT2D eigenvalue weighted by Crippen LogP contribution is 2.14. The van der Waals surface area contributed by atoms with E-state index in [0.29, 0.717) is 32.1 Å². The number of carbonyl (C=O) groups excluding carboxylic acids is 9. The van der Waals surface area contributed by atoms with Crippen molar-refractivity contribution in [3.05, 3.63) is 0 Å². The van der Waals surface area contributed by atoms with Crippen LogP contribution in [0.4, 0.5) is 0 Å². The lowest BCUT2D eigenvalue weighted by atomic mass is 10.00. The lowest BCUT2D eigenvalue weighted by Crippen LogP contribution is -2.61. The Morgan fingerprint density at radius 1 is 0.551 bits per heavy atom. The summed E-state index contributed by atoms with van der Waals surface area (Å²) < 4.78 is 0. The van der Waals surface area contributed by atoms with Gasteiger partial charge in [-0.25, -0.2) is 0 Å². The van der Waals surface area contributed by atoms with E-state index in [2.05, 4.69) is 57.8 Å². The average Bonchev–Trinajstić information content (AvgIpc) is 3.90. The molecule has 442 valence electrons. The number of unbranched alkanes of at least 4 members (excludes halogenated alkanes) is 1. The summed E-state index contributed by atoms with van der Waals surface area (Å²) in [5.74, 6) is -10.7. The lowest BCUT2D eigenvalue weighted by Gasteiger charge is -2.29. The van der Waals surface area contributed by atoms with Crippen molar-refractivity contribution in [2.45, 2.75) is 186 Å². The molecule has 0 radical (unpaired) electrons. The van der Waals surface area contributed by atoms with Crippen molar-refractivity contribution in [2.24, 2.45) is 56.4 Å². The molecule has 29 heteroatoms. The highest BCUT2D eigenvalue weighted by molar-refractivity contribution is 5.98. The number of aldehydes is 1. The zero-order chi connectivity index (χ0) is 59.1. The van der Waals surface area contributed by atoms with E-state index in [0.717, 1.165) is 6.42 Å². The first kappa shape index (κ1) is 68.8. The molecular weight excluding hydrogens is 1020 g/mol. The molecule has 1 fully saturated rings. The van der Waals surface area contributed by atoms with Crippen molar-refractivity contribution in [1.82, 2.24) is 47.9 Å². The predicted molar refractivity (Wildman–Crippen MR) is 288 cm³/mol. The molecule has 0 aromatic rings. The summed E-state index contributed by atoms with van der Waals surface area (Å²) in [4.78, 5) is 154. The number of rotatable bonds is 39. The normalized spacial score (nSPS) is 16.1. The van der Waals surface area contributed by atoms with E-state index >= 15 is 0 Å². The van der Waals surface area contributed by atoms with E-state index in [9.17, 15) is 57.8 Å². The first-order valence-corrected chi connectivity index (χ1v) is 26.5. The number of guanidine groups is 2. The molecule has 1 rings (SSSR count). The number of nitrogens with zero attached hydrogens (tertiary/aromatic N) is 2. The summed E-state index contributed by atoms with van der Waals surface area (Å²) in [7, 11) is 0. The molecule has 0 aromatic carbocycles. The molecule has 21 N–H and O–H groups in total. The van der Waals surface area contributed by atoms with Crippen LogP contribution in [-0.4, -0.2) is 168 Å². The molecule has 0 saturated carbocycles. The Balaban J connectivity index is 3.61. The van der Waals surface area contributed by atoms with Crippen LogP contribution in [0.3, 0.4) is 0 Å². The maximum absolute atomic E-state index is 14.4. The molecule has 29 nitrogen and oxygen atoms in total. The smallest absolute Gasteiger partial charge is 0.305 e. The second-order valence-corrected chi connectivity index (χ2v) is 20.5. The molecule has 0 bridgehead atoms. The van der Waals surface area contributed by atoms with Crippen LogP contribution < -0.4 is 76.5 Å². The van der Waals surface area contributed by atoms with Crippen molar-refractivity contribution in [3.63, 3.8) is 0 Å². The molecule has 1 saturated heterocycles. The van der Waals surface area contributed by atoms with Gasteiger partial charge in [-0.3, -0.25) is 57.9 Å². The first-order valence-electron chi connectivity index (χ1n) is 26.5. The molecule has 0 aliphatic carbocycles. The number of aliphatic imine (C=N–C) groups is 2. The Bertz CT molecular complexity index is 2060. The summed E-state index contributed by atoms with van der Waals surface area (Å²) in [6.07, 6.45) is 0.939. The van der Waals surface area contributed by atoms with Gasteiger partial charge in [0.05, 0.1) is 18.5 Å². The maximum atomic E-state index is 14.4. The minimum Gasteiger partial charge on any atom is -0.481 e. The number of carbonyl (C=O) groups is 11. The van der Waals surface area contributed by atoms with Crippen molar-refractivity contribution in [2.75, 3.05) is 26.2 Å². The van der Waals surface area contributed by atoms with Crippen molar-refractivity contribution >= 4 is 77.4 Å². The van der Waals surface area contributed by atoms with Crippen molar-refractivity contribution < 1.29 is 63.0 Å². The molecule has 0 spiro atoms. The molecule has 78 heavy (non-hydrogen) atoms. The Kier molecular flexibility index (Phi) is 32.5. The molecule has 1 aliphatic rings. The van der Waals surface area contributed by atoms with Crippen LogP contribution in [0.25, 0.3) is 0 Å². The van der Waals surface area contributed by atoms with Gasteiger partial charge < -0.3 is 91.5 Å². The Labute approximate surface area is 455 Å². The third-order valence-corrected chi connectivity index (χ3v) is 12.2. The monoisotopic (exact) mass is 1110 g/mol. The fourth-order valence-corrected chi connectivity index (χ4v) is 8.15. The number of nitrogens with two attached hydrogens (primary N) is 5. The summed E-state index contributed by atoms with van der Waals surface area (Å²) in [6.45, 7) is 11.3. The van der Waals surface area contributed by atoms with E-state index < -0.39 is 121 Å². The number of hydrogen-bond acceptors (Lipinski definition) is 15. The van der Waals surface area contributed by atoms with Crippen LogP contribution >= 0.6 is 0 Å². The summed E-state index contributed by atoms with van der Waals surface area (Å²) in [5, 5.41) is 42.6. The summed E-state index contributed by atoms with van der Waals surface area (Å²) >= 11 is 0. The first-order chi connectivity index (χ1) is 36.7. The second-order valence-electron chi connectivity index (χ2n) is 20.5. The third kappa shape index (κ3) is 28.3. The van der Waals surface area contributed by atoms with Gasteiger partial charge in [0.15, 0.2) is 11.9 Å². The maximum Gasteiger partial charge on any atom is 0.305 e. The Morgan fingerprint density at radius 3 is 1.37 bits per heavy atom.